The second-order valence-electron chi connectivity index (χ2n) is 8.39. The van der Waals surface area contributed by atoms with Gasteiger partial charge in [-0.3, -0.25) is 4.79 Å². The summed E-state index contributed by atoms with van der Waals surface area (Å²) < 4.78 is 6.45. The molecule has 0 aromatic heterocycles. The molecule has 3 atom stereocenters. The molecule has 2 rings (SSSR count). The van der Waals surface area contributed by atoms with Crippen LogP contribution in [0, 0.1) is 5.92 Å². The molecule has 0 unspecified atom stereocenters. The summed E-state index contributed by atoms with van der Waals surface area (Å²) >= 11 is 0. The van der Waals surface area contributed by atoms with Crippen molar-refractivity contribution in [1.82, 2.24) is 4.90 Å². The van der Waals surface area contributed by atoms with E-state index in [1.54, 1.807) is 0 Å². The highest BCUT2D eigenvalue weighted by molar-refractivity contribution is 6.74. The van der Waals surface area contributed by atoms with E-state index >= 15 is 0 Å². The second-order valence-corrected chi connectivity index (χ2v) is 13.1. The molecule has 3 nitrogen and oxygen atoms in total. The third-order valence-electron chi connectivity index (χ3n) is 5.67. The zero-order valence-electron chi connectivity index (χ0n) is 15.2. The fourth-order valence-corrected chi connectivity index (χ4v) is 4.58. The van der Waals surface area contributed by atoms with Gasteiger partial charge in [-0.15, -0.1) is 0 Å². The van der Waals surface area contributed by atoms with E-state index in [0.717, 1.165) is 18.5 Å². The van der Waals surface area contributed by atoms with Gasteiger partial charge in [0, 0.05) is 12.6 Å². The maximum Gasteiger partial charge on any atom is 0.230 e. The molecule has 0 aromatic carbocycles. The Morgan fingerprint density at radius 3 is 2.55 bits per heavy atom. The SMILES string of the molecule is C=C(C)C1=CC[C@@H]2[C@@H]([C@@H](C)O[Si](C)(C)C(C)(C)C)C(=O)N2C1. The second kappa shape index (κ2) is 5.64. The Labute approximate surface area is 136 Å². The fourth-order valence-electron chi connectivity index (χ4n) is 3.15. The standard InChI is InChI=1S/C18H31NO2Si/c1-12(2)14-9-10-15-16(17(20)19(15)11-14)13(3)21-22(7,8)18(4,5)6/h9,13,15-16H,1,10-11H2,2-8H3/t13-,15-,16-/m1/s1. The largest absolute Gasteiger partial charge is 0.413 e. The molecule has 2 heterocycles. The summed E-state index contributed by atoms with van der Waals surface area (Å²) in [5.74, 6) is 0.278. The highest BCUT2D eigenvalue weighted by atomic mass is 28.4. The van der Waals surface area contributed by atoms with Gasteiger partial charge in [-0.25, -0.2) is 0 Å². The minimum absolute atomic E-state index is 0.00872. The monoisotopic (exact) mass is 321 g/mol. The number of rotatable bonds is 4. The van der Waals surface area contributed by atoms with E-state index in [0.29, 0.717) is 6.04 Å². The molecule has 1 saturated heterocycles. The maximum atomic E-state index is 12.5. The van der Waals surface area contributed by atoms with Crippen LogP contribution in [0.4, 0.5) is 0 Å². The van der Waals surface area contributed by atoms with Crippen LogP contribution in [0.2, 0.25) is 18.1 Å². The quantitative estimate of drug-likeness (QED) is 0.575. The van der Waals surface area contributed by atoms with Crippen LogP contribution in [0.25, 0.3) is 0 Å². The van der Waals surface area contributed by atoms with E-state index in [4.69, 9.17) is 4.43 Å². The molecule has 124 valence electrons. The van der Waals surface area contributed by atoms with Gasteiger partial charge < -0.3 is 9.33 Å². The predicted molar refractivity (Wildman–Crippen MR) is 94.2 cm³/mol. The lowest BCUT2D eigenvalue weighted by Crippen LogP contribution is -2.66. The van der Waals surface area contributed by atoms with Gasteiger partial charge in [0.1, 0.15) is 0 Å². The Kier molecular flexibility index (Phi) is 4.48. The smallest absolute Gasteiger partial charge is 0.230 e. The molecule has 1 fully saturated rings. The number of fused-ring (bicyclic) bond motifs is 1. The van der Waals surface area contributed by atoms with E-state index < -0.39 is 8.32 Å². The molecule has 4 heteroatoms. The molecule has 0 aromatic rings. The van der Waals surface area contributed by atoms with Crippen LogP contribution in [0.5, 0.6) is 0 Å². The fraction of sp³-hybridized carbons (Fsp3) is 0.722. The molecular weight excluding hydrogens is 290 g/mol. The van der Waals surface area contributed by atoms with Crippen LogP contribution in [0.15, 0.2) is 23.8 Å². The number of hydrogen-bond acceptors (Lipinski definition) is 2. The van der Waals surface area contributed by atoms with Crippen LogP contribution in [0.3, 0.4) is 0 Å². The van der Waals surface area contributed by atoms with Crippen LogP contribution < -0.4 is 0 Å². The summed E-state index contributed by atoms with van der Waals surface area (Å²) in [7, 11) is -1.83. The van der Waals surface area contributed by atoms with Crippen molar-refractivity contribution in [3.05, 3.63) is 23.8 Å². The molecule has 0 bridgehead atoms. The first-order valence-corrected chi connectivity index (χ1v) is 11.2. The molecule has 22 heavy (non-hydrogen) atoms. The molecule has 0 N–H and O–H groups in total. The Morgan fingerprint density at radius 1 is 1.45 bits per heavy atom. The van der Waals surface area contributed by atoms with Gasteiger partial charge in [0.25, 0.3) is 0 Å². The first-order chi connectivity index (χ1) is 9.95. The van der Waals surface area contributed by atoms with Gasteiger partial charge in [0.2, 0.25) is 5.91 Å². The van der Waals surface area contributed by atoms with Gasteiger partial charge in [-0.1, -0.05) is 39.0 Å². The average molecular weight is 322 g/mol. The first-order valence-electron chi connectivity index (χ1n) is 8.29. The number of nitrogens with zero attached hydrogens (tertiary/aromatic N) is 1. The summed E-state index contributed by atoms with van der Waals surface area (Å²) in [5.41, 5.74) is 2.28. The summed E-state index contributed by atoms with van der Waals surface area (Å²) in [6.07, 6.45) is 3.20. The van der Waals surface area contributed by atoms with E-state index in [1.165, 1.54) is 5.57 Å². The van der Waals surface area contributed by atoms with Crippen LogP contribution in [-0.4, -0.2) is 37.8 Å². The Balaban J connectivity index is 2.06. The van der Waals surface area contributed by atoms with E-state index in [1.807, 2.05) is 11.8 Å². The van der Waals surface area contributed by atoms with E-state index in [2.05, 4.69) is 53.4 Å². The van der Waals surface area contributed by atoms with Crippen molar-refractivity contribution in [2.45, 2.75) is 71.3 Å². The molecule has 2 aliphatic rings. The highest BCUT2D eigenvalue weighted by Gasteiger charge is 2.52. The molecule has 0 radical (unpaired) electrons. The molecule has 1 amide bonds. The van der Waals surface area contributed by atoms with Crippen molar-refractivity contribution in [2.75, 3.05) is 6.54 Å². The van der Waals surface area contributed by atoms with Gasteiger partial charge in [-0.05, 0) is 44.0 Å². The number of carbonyl (C=O) groups excluding carboxylic acids is 1. The van der Waals surface area contributed by atoms with Crippen LogP contribution >= 0.6 is 0 Å². The zero-order valence-corrected chi connectivity index (χ0v) is 16.2. The topological polar surface area (TPSA) is 29.5 Å². The van der Waals surface area contributed by atoms with Crippen LogP contribution in [0.1, 0.15) is 41.0 Å². The number of carbonyl (C=O) groups is 1. The maximum absolute atomic E-state index is 12.5. The van der Waals surface area contributed by atoms with Crippen molar-refractivity contribution in [3.8, 4) is 0 Å². The lowest BCUT2D eigenvalue weighted by Gasteiger charge is -2.53. The summed E-state index contributed by atoms with van der Waals surface area (Å²) in [6.45, 7) is 20.0. The predicted octanol–water partition coefficient (Wildman–Crippen LogP) is 4.13. The highest BCUT2D eigenvalue weighted by Crippen LogP contribution is 2.42. The molecule has 0 aliphatic carbocycles. The van der Waals surface area contributed by atoms with Crippen molar-refractivity contribution in [2.24, 2.45) is 5.92 Å². The van der Waals surface area contributed by atoms with Crippen molar-refractivity contribution < 1.29 is 9.22 Å². The molecule has 0 spiro atoms. The number of hydrogen-bond donors (Lipinski definition) is 0. The molecule has 0 saturated carbocycles. The molecule has 2 aliphatic heterocycles. The Hall–Kier alpha value is -0.873. The lowest BCUT2D eigenvalue weighted by atomic mass is 9.78. The van der Waals surface area contributed by atoms with E-state index in [9.17, 15) is 4.79 Å². The number of β-lactam (4-membered cyclic amide) rings is 1. The van der Waals surface area contributed by atoms with Crippen LogP contribution in [-0.2, 0) is 9.22 Å². The normalized spacial score (nSPS) is 27.0. The third kappa shape index (κ3) is 2.95. The summed E-state index contributed by atoms with van der Waals surface area (Å²) in [4.78, 5) is 14.5. The summed E-state index contributed by atoms with van der Waals surface area (Å²) in [6, 6.07) is 0.315. The van der Waals surface area contributed by atoms with Gasteiger partial charge >= 0.3 is 0 Å². The molecular formula is C18H31NO2Si. The lowest BCUT2D eigenvalue weighted by molar-refractivity contribution is -0.162. The van der Waals surface area contributed by atoms with Gasteiger partial charge in [-0.2, -0.15) is 0 Å². The minimum atomic E-state index is -1.83. The minimum Gasteiger partial charge on any atom is -0.413 e. The van der Waals surface area contributed by atoms with Gasteiger partial charge in [0.15, 0.2) is 8.32 Å². The third-order valence-corrected chi connectivity index (χ3v) is 10.2. The first kappa shape index (κ1) is 17.5. The van der Waals surface area contributed by atoms with Crippen molar-refractivity contribution in [1.29, 1.82) is 0 Å². The van der Waals surface area contributed by atoms with Crippen molar-refractivity contribution >= 4 is 14.2 Å². The zero-order chi connectivity index (χ0) is 16.9. The summed E-state index contributed by atoms with van der Waals surface area (Å²) in [5, 5.41) is 0.174. The Morgan fingerprint density at radius 2 is 2.05 bits per heavy atom. The van der Waals surface area contributed by atoms with Gasteiger partial charge in [0.05, 0.1) is 12.0 Å². The number of amides is 1. The average Bonchev–Trinajstić information content (AvgIpc) is 2.35. The van der Waals surface area contributed by atoms with E-state index in [-0.39, 0.29) is 23.0 Å². The Bertz CT molecular complexity index is 516. The van der Waals surface area contributed by atoms with Crippen molar-refractivity contribution in [3.63, 3.8) is 0 Å².